The number of methoxy groups -OCH3 is 1. The molecule has 1 N–H and O–H groups in total. The molecule has 176 valence electrons. The summed E-state index contributed by atoms with van der Waals surface area (Å²) in [5.41, 5.74) is 4.02. The van der Waals surface area contributed by atoms with Gasteiger partial charge in [-0.3, -0.25) is 4.90 Å². The average Bonchev–Trinajstić information content (AvgIpc) is 2.89. The normalized spacial score (nSPS) is 29.8. The van der Waals surface area contributed by atoms with Crippen molar-refractivity contribution in [3.63, 3.8) is 0 Å². The van der Waals surface area contributed by atoms with E-state index >= 15 is 0 Å². The van der Waals surface area contributed by atoms with Gasteiger partial charge in [-0.1, -0.05) is 78.9 Å². The minimum atomic E-state index is 0.309. The number of piperidine rings is 3. The maximum Gasteiger partial charge on any atom is 0.123 e. The van der Waals surface area contributed by atoms with E-state index in [2.05, 4.69) is 89.1 Å². The molecule has 0 radical (unpaired) electrons. The number of rotatable bonds is 7. The Labute approximate surface area is 202 Å². The topological polar surface area (TPSA) is 33.7 Å². The molecule has 4 nitrogen and oxygen atoms in total. The van der Waals surface area contributed by atoms with E-state index in [-0.39, 0.29) is 0 Å². The van der Waals surface area contributed by atoms with Crippen LogP contribution in [0.25, 0.3) is 0 Å². The zero-order valence-electron chi connectivity index (χ0n) is 19.8. The lowest BCUT2D eigenvalue weighted by Gasteiger charge is -2.62. The van der Waals surface area contributed by atoms with Gasteiger partial charge in [-0.15, -0.1) is 0 Å². The average molecular weight is 455 g/mol. The predicted molar refractivity (Wildman–Crippen MR) is 135 cm³/mol. The van der Waals surface area contributed by atoms with Crippen molar-refractivity contribution in [3.8, 4) is 5.75 Å². The lowest BCUT2D eigenvalue weighted by Crippen LogP contribution is -2.73. The van der Waals surface area contributed by atoms with Gasteiger partial charge in [-0.2, -0.15) is 0 Å². The van der Waals surface area contributed by atoms with Gasteiger partial charge in [0.25, 0.3) is 0 Å². The van der Waals surface area contributed by atoms with Crippen LogP contribution in [0.2, 0.25) is 0 Å². The molecule has 4 heteroatoms. The van der Waals surface area contributed by atoms with Gasteiger partial charge in [0.2, 0.25) is 0 Å². The molecule has 4 aliphatic rings. The van der Waals surface area contributed by atoms with E-state index in [1.807, 2.05) is 6.07 Å². The molecule has 4 aliphatic heterocycles. The summed E-state index contributed by atoms with van der Waals surface area (Å²) in [6.45, 7) is 2.54. The first-order valence-electron chi connectivity index (χ1n) is 12.6. The first kappa shape index (κ1) is 21.8. The highest BCUT2D eigenvalue weighted by atomic mass is 16.5. The molecule has 0 amide bonds. The standard InChI is InChI=1S/C30H34N2O2/c1-33-27-15-9-8-14-23(27)18-31-29-24-16-25-19-34-20-26(17-24)32(25)30(29)28(21-10-4-2-5-11-21)22-12-6-3-7-13-22/h2-15,24-26,28-31H,16-20H2,1H3/t24?,25?,26?,29-,30-/m1/s1. The van der Waals surface area contributed by atoms with Crippen LogP contribution < -0.4 is 10.1 Å². The monoisotopic (exact) mass is 454 g/mol. The Hall–Kier alpha value is -2.66. The van der Waals surface area contributed by atoms with Gasteiger partial charge in [0.1, 0.15) is 5.75 Å². The Morgan fingerprint density at radius 1 is 0.853 bits per heavy atom. The molecule has 0 aromatic heterocycles. The summed E-state index contributed by atoms with van der Waals surface area (Å²) < 4.78 is 11.7. The number of benzene rings is 3. The van der Waals surface area contributed by atoms with Gasteiger partial charge in [0, 0.05) is 42.2 Å². The molecule has 0 aliphatic carbocycles. The number of hydrogen-bond donors (Lipinski definition) is 1. The van der Waals surface area contributed by atoms with Crippen LogP contribution in [0.5, 0.6) is 5.75 Å². The Balaban J connectivity index is 1.40. The molecule has 3 aromatic rings. The first-order valence-corrected chi connectivity index (χ1v) is 12.6. The summed E-state index contributed by atoms with van der Waals surface area (Å²) in [5.74, 6) is 1.92. The van der Waals surface area contributed by atoms with Crippen molar-refractivity contribution in [2.75, 3.05) is 20.3 Å². The Morgan fingerprint density at radius 3 is 2.06 bits per heavy atom. The Morgan fingerprint density at radius 2 is 1.44 bits per heavy atom. The number of morpholine rings is 1. The van der Waals surface area contributed by atoms with E-state index in [0.717, 1.165) is 25.5 Å². The van der Waals surface area contributed by atoms with E-state index in [0.29, 0.717) is 36.0 Å². The van der Waals surface area contributed by atoms with Crippen molar-refractivity contribution in [1.82, 2.24) is 10.2 Å². The van der Waals surface area contributed by atoms with Crippen molar-refractivity contribution >= 4 is 0 Å². The fourth-order valence-electron chi connectivity index (χ4n) is 6.88. The SMILES string of the molecule is COc1ccccc1CN[C@@H]1C2CC3COCC(C2)N3[C@@H]1C(c1ccccc1)c1ccccc1. The van der Waals surface area contributed by atoms with Crippen LogP contribution in [0.3, 0.4) is 0 Å². The molecule has 4 heterocycles. The molecular weight excluding hydrogens is 420 g/mol. The van der Waals surface area contributed by atoms with Crippen LogP contribution in [-0.2, 0) is 11.3 Å². The fourth-order valence-corrected chi connectivity index (χ4v) is 6.88. The fraction of sp³-hybridized carbons (Fsp3) is 0.400. The number of fused-ring (bicyclic) bond motifs is 1. The highest BCUT2D eigenvalue weighted by Gasteiger charge is 2.55. The molecule has 4 saturated heterocycles. The molecular formula is C30H34N2O2. The van der Waals surface area contributed by atoms with Gasteiger partial charge in [-0.05, 0) is 36.0 Å². The number of para-hydroxylation sites is 1. The van der Waals surface area contributed by atoms with E-state index in [1.54, 1.807) is 7.11 Å². The summed E-state index contributed by atoms with van der Waals surface area (Å²) in [5, 5.41) is 4.04. The van der Waals surface area contributed by atoms with Gasteiger partial charge >= 0.3 is 0 Å². The van der Waals surface area contributed by atoms with E-state index < -0.39 is 0 Å². The molecule has 34 heavy (non-hydrogen) atoms. The molecule has 3 aromatic carbocycles. The van der Waals surface area contributed by atoms with Crippen LogP contribution >= 0.6 is 0 Å². The van der Waals surface area contributed by atoms with E-state index in [1.165, 1.54) is 29.5 Å². The second-order valence-corrected chi connectivity index (χ2v) is 10.0. The maximum atomic E-state index is 6.04. The lowest BCUT2D eigenvalue weighted by atomic mass is 9.66. The Bertz CT molecular complexity index is 1040. The third-order valence-corrected chi connectivity index (χ3v) is 8.21. The van der Waals surface area contributed by atoms with Gasteiger partial charge < -0.3 is 14.8 Å². The van der Waals surface area contributed by atoms with Crippen molar-refractivity contribution in [1.29, 1.82) is 0 Å². The second-order valence-electron chi connectivity index (χ2n) is 10.0. The molecule has 4 atom stereocenters. The summed E-state index contributed by atoms with van der Waals surface area (Å²) in [6.07, 6.45) is 2.43. The first-order chi connectivity index (χ1) is 16.8. The molecule has 0 saturated carbocycles. The quantitative estimate of drug-likeness (QED) is 0.554. The van der Waals surface area contributed by atoms with Crippen molar-refractivity contribution in [2.45, 2.75) is 49.5 Å². The maximum absolute atomic E-state index is 6.04. The number of nitrogens with zero attached hydrogens (tertiary/aromatic N) is 1. The van der Waals surface area contributed by atoms with Crippen LogP contribution in [0.1, 0.15) is 35.4 Å². The van der Waals surface area contributed by atoms with Crippen LogP contribution in [0.4, 0.5) is 0 Å². The summed E-state index contributed by atoms with van der Waals surface area (Å²) in [7, 11) is 1.76. The largest absolute Gasteiger partial charge is 0.496 e. The van der Waals surface area contributed by atoms with Gasteiger partial charge in [0.15, 0.2) is 0 Å². The summed E-state index contributed by atoms with van der Waals surface area (Å²) in [4.78, 5) is 2.84. The smallest absolute Gasteiger partial charge is 0.123 e. The number of ether oxygens (including phenoxy) is 2. The van der Waals surface area contributed by atoms with E-state index in [4.69, 9.17) is 9.47 Å². The molecule has 2 unspecified atom stereocenters. The van der Waals surface area contributed by atoms with Crippen molar-refractivity contribution in [2.24, 2.45) is 5.92 Å². The van der Waals surface area contributed by atoms with Gasteiger partial charge in [-0.25, -0.2) is 0 Å². The summed E-state index contributed by atoms with van der Waals surface area (Å²) in [6, 6.07) is 32.4. The van der Waals surface area contributed by atoms with Crippen LogP contribution in [0, 0.1) is 5.92 Å². The van der Waals surface area contributed by atoms with Crippen molar-refractivity contribution < 1.29 is 9.47 Å². The van der Waals surface area contributed by atoms with Crippen LogP contribution in [0.15, 0.2) is 84.9 Å². The zero-order valence-corrected chi connectivity index (χ0v) is 19.8. The highest BCUT2D eigenvalue weighted by molar-refractivity contribution is 5.37. The Kier molecular flexibility index (Phi) is 6.13. The minimum Gasteiger partial charge on any atom is -0.496 e. The third-order valence-electron chi connectivity index (χ3n) is 8.21. The third kappa shape index (κ3) is 3.94. The van der Waals surface area contributed by atoms with Gasteiger partial charge in [0.05, 0.1) is 20.3 Å². The lowest BCUT2D eigenvalue weighted by molar-refractivity contribution is -0.158. The predicted octanol–water partition coefficient (Wildman–Crippen LogP) is 4.85. The van der Waals surface area contributed by atoms with E-state index in [9.17, 15) is 0 Å². The second kappa shape index (κ2) is 9.53. The summed E-state index contributed by atoms with van der Waals surface area (Å²) >= 11 is 0. The molecule has 4 bridgehead atoms. The molecule has 7 rings (SSSR count). The zero-order chi connectivity index (χ0) is 22.9. The van der Waals surface area contributed by atoms with Crippen LogP contribution in [-0.4, -0.2) is 49.4 Å². The van der Waals surface area contributed by atoms with Crippen molar-refractivity contribution in [3.05, 3.63) is 102 Å². The highest BCUT2D eigenvalue weighted by Crippen LogP contribution is 2.48. The molecule has 0 spiro atoms. The molecule has 4 fully saturated rings. The number of hydrogen-bond acceptors (Lipinski definition) is 4. The minimum absolute atomic E-state index is 0.309. The number of nitrogens with one attached hydrogen (secondary N) is 1.